The monoisotopic (exact) mass is 276 g/mol. The Hall–Kier alpha value is -1.69. The van der Waals surface area contributed by atoms with E-state index in [-0.39, 0.29) is 0 Å². The number of aromatic nitrogens is 4. The molecule has 3 rings (SSSR count). The summed E-state index contributed by atoms with van der Waals surface area (Å²) in [6.07, 6.45) is 7.37. The Kier molecular flexibility index (Phi) is 3.82. The van der Waals surface area contributed by atoms with Gasteiger partial charge in [-0.3, -0.25) is 4.68 Å². The second kappa shape index (κ2) is 5.75. The molecule has 0 unspecified atom stereocenters. The van der Waals surface area contributed by atoms with Gasteiger partial charge in [0.2, 0.25) is 5.89 Å². The maximum Gasteiger partial charge on any atom is 0.229 e. The topological polar surface area (TPSA) is 77.0 Å². The Bertz CT molecular complexity index is 555. The van der Waals surface area contributed by atoms with Crippen molar-refractivity contribution >= 4 is 0 Å². The molecular formula is C14H20N4O2. The zero-order valence-electron chi connectivity index (χ0n) is 11.7. The quantitative estimate of drug-likeness (QED) is 0.928. The van der Waals surface area contributed by atoms with Crippen molar-refractivity contribution in [1.82, 2.24) is 19.9 Å². The smallest absolute Gasteiger partial charge is 0.229 e. The van der Waals surface area contributed by atoms with Gasteiger partial charge in [0.05, 0.1) is 11.8 Å². The summed E-state index contributed by atoms with van der Waals surface area (Å²) in [4.78, 5) is 4.48. The third kappa shape index (κ3) is 2.90. The summed E-state index contributed by atoms with van der Waals surface area (Å²) >= 11 is 0. The molecule has 1 saturated carbocycles. The standard InChI is InChI=1S/C14H20N4O2/c1-10(19)12-7-8-18(16-12)9-13-15-14(20-17-13)11-5-3-2-4-6-11/h7-8,10-11,19H,2-6,9H2,1H3/t10-/m0/s1. The van der Waals surface area contributed by atoms with Gasteiger partial charge in [-0.05, 0) is 25.8 Å². The van der Waals surface area contributed by atoms with E-state index in [1.165, 1.54) is 19.3 Å². The van der Waals surface area contributed by atoms with E-state index < -0.39 is 6.10 Å². The molecule has 1 aliphatic carbocycles. The molecule has 1 aliphatic rings. The fourth-order valence-electron chi connectivity index (χ4n) is 2.68. The van der Waals surface area contributed by atoms with Gasteiger partial charge in [-0.25, -0.2) is 0 Å². The van der Waals surface area contributed by atoms with Crippen molar-refractivity contribution in [2.24, 2.45) is 0 Å². The summed E-state index contributed by atoms with van der Waals surface area (Å²) in [5, 5.41) is 17.8. The molecule has 0 saturated heterocycles. The van der Waals surface area contributed by atoms with Gasteiger partial charge in [0.15, 0.2) is 5.82 Å². The molecular weight excluding hydrogens is 256 g/mol. The van der Waals surface area contributed by atoms with Crippen molar-refractivity contribution in [1.29, 1.82) is 0 Å². The maximum absolute atomic E-state index is 9.45. The molecule has 0 amide bonds. The molecule has 1 atom stereocenters. The summed E-state index contributed by atoms with van der Waals surface area (Å²) in [5.41, 5.74) is 0.654. The highest BCUT2D eigenvalue weighted by atomic mass is 16.5. The van der Waals surface area contributed by atoms with Crippen LogP contribution in [0.4, 0.5) is 0 Å². The van der Waals surface area contributed by atoms with Gasteiger partial charge in [-0.2, -0.15) is 10.1 Å². The molecule has 0 bridgehead atoms. The van der Waals surface area contributed by atoms with Gasteiger partial charge in [0, 0.05) is 12.1 Å². The van der Waals surface area contributed by atoms with E-state index in [1.807, 2.05) is 6.20 Å². The van der Waals surface area contributed by atoms with Crippen LogP contribution in [0.3, 0.4) is 0 Å². The van der Waals surface area contributed by atoms with Crippen LogP contribution in [0.15, 0.2) is 16.8 Å². The summed E-state index contributed by atoms with van der Waals surface area (Å²) in [5.74, 6) is 1.84. The van der Waals surface area contributed by atoms with Gasteiger partial charge >= 0.3 is 0 Å². The van der Waals surface area contributed by atoms with E-state index in [9.17, 15) is 5.11 Å². The van der Waals surface area contributed by atoms with Gasteiger partial charge in [0.25, 0.3) is 0 Å². The molecule has 6 heteroatoms. The number of rotatable bonds is 4. The van der Waals surface area contributed by atoms with Crippen LogP contribution in [0.5, 0.6) is 0 Å². The average Bonchev–Trinajstić information content (AvgIpc) is 3.10. The minimum Gasteiger partial charge on any atom is -0.387 e. The van der Waals surface area contributed by atoms with Crippen LogP contribution in [-0.4, -0.2) is 25.0 Å². The zero-order valence-corrected chi connectivity index (χ0v) is 11.7. The van der Waals surface area contributed by atoms with Gasteiger partial charge in [0.1, 0.15) is 6.54 Å². The zero-order chi connectivity index (χ0) is 13.9. The summed E-state index contributed by atoms with van der Waals surface area (Å²) in [7, 11) is 0. The number of aliphatic hydroxyl groups is 1. The van der Waals surface area contributed by atoms with Crippen LogP contribution in [-0.2, 0) is 6.54 Å². The maximum atomic E-state index is 9.45. The Labute approximate surface area is 117 Å². The molecule has 0 spiro atoms. The predicted molar refractivity (Wildman–Crippen MR) is 72.1 cm³/mol. The minimum atomic E-state index is -0.556. The highest BCUT2D eigenvalue weighted by Gasteiger charge is 2.21. The molecule has 6 nitrogen and oxygen atoms in total. The van der Waals surface area contributed by atoms with Crippen LogP contribution in [0.2, 0.25) is 0 Å². The lowest BCUT2D eigenvalue weighted by atomic mass is 9.89. The van der Waals surface area contributed by atoms with Crippen molar-refractivity contribution in [2.75, 3.05) is 0 Å². The fourth-order valence-corrected chi connectivity index (χ4v) is 2.68. The Balaban J connectivity index is 1.66. The first-order valence-corrected chi connectivity index (χ1v) is 7.26. The van der Waals surface area contributed by atoms with Crippen LogP contribution in [0, 0.1) is 0 Å². The van der Waals surface area contributed by atoms with Crippen LogP contribution >= 0.6 is 0 Å². The normalized spacial score (nSPS) is 18.3. The van der Waals surface area contributed by atoms with Gasteiger partial charge in [-0.1, -0.05) is 24.4 Å². The minimum absolute atomic E-state index is 0.427. The van der Waals surface area contributed by atoms with E-state index in [1.54, 1.807) is 17.7 Å². The lowest BCUT2D eigenvalue weighted by molar-refractivity contribution is 0.193. The first-order valence-electron chi connectivity index (χ1n) is 7.26. The second-order valence-corrected chi connectivity index (χ2v) is 5.50. The van der Waals surface area contributed by atoms with Crippen LogP contribution in [0.25, 0.3) is 0 Å². The van der Waals surface area contributed by atoms with E-state index in [4.69, 9.17) is 4.52 Å². The molecule has 20 heavy (non-hydrogen) atoms. The van der Waals surface area contributed by atoms with Crippen molar-refractivity contribution < 1.29 is 9.63 Å². The summed E-state index contributed by atoms with van der Waals surface area (Å²) < 4.78 is 7.10. The number of hydrogen-bond acceptors (Lipinski definition) is 5. The van der Waals surface area contributed by atoms with Gasteiger partial charge in [-0.15, -0.1) is 0 Å². The lowest BCUT2D eigenvalue weighted by Gasteiger charge is -2.17. The molecule has 2 aromatic heterocycles. The molecule has 2 aromatic rings. The predicted octanol–water partition coefficient (Wildman–Crippen LogP) is 2.42. The van der Waals surface area contributed by atoms with E-state index in [0.29, 0.717) is 24.0 Å². The number of nitrogens with zero attached hydrogens (tertiary/aromatic N) is 4. The fraction of sp³-hybridized carbons (Fsp3) is 0.643. The van der Waals surface area contributed by atoms with Crippen LogP contribution in [0.1, 0.15) is 68.5 Å². The highest BCUT2D eigenvalue weighted by Crippen LogP contribution is 2.31. The largest absolute Gasteiger partial charge is 0.387 e. The number of hydrogen-bond donors (Lipinski definition) is 1. The van der Waals surface area contributed by atoms with Crippen molar-refractivity contribution in [2.45, 2.75) is 57.6 Å². The molecule has 0 aliphatic heterocycles. The van der Waals surface area contributed by atoms with Gasteiger partial charge < -0.3 is 9.63 Å². The number of aliphatic hydroxyl groups excluding tert-OH is 1. The highest BCUT2D eigenvalue weighted by molar-refractivity contribution is 5.03. The molecule has 0 radical (unpaired) electrons. The Morgan fingerprint density at radius 1 is 1.40 bits per heavy atom. The first-order chi connectivity index (χ1) is 9.72. The lowest BCUT2D eigenvalue weighted by Crippen LogP contribution is -2.06. The SMILES string of the molecule is C[C@H](O)c1ccn(Cc2noc(C3CCCCC3)n2)n1. The van der Waals surface area contributed by atoms with Crippen molar-refractivity contribution in [3.05, 3.63) is 29.7 Å². The molecule has 1 N–H and O–H groups in total. The molecule has 0 aromatic carbocycles. The first kappa shape index (κ1) is 13.3. The second-order valence-electron chi connectivity index (χ2n) is 5.50. The average molecular weight is 276 g/mol. The summed E-state index contributed by atoms with van der Waals surface area (Å²) in [6, 6.07) is 1.80. The molecule has 1 fully saturated rings. The third-order valence-electron chi connectivity index (χ3n) is 3.83. The van der Waals surface area contributed by atoms with Crippen LogP contribution < -0.4 is 0 Å². The Morgan fingerprint density at radius 2 is 2.20 bits per heavy atom. The summed E-state index contributed by atoms with van der Waals surface area (Å²) in [6.45, 7) is 2.17. The van der Waals surface area contributed by atoms with E-state index in [2.05, 4.69) is 15.2 Å². The van der Waals surface area contributed by atoms with E-state index >= 15 is 0 Å². The molecule has 2 heterocycles. The Morgan fingerprint density at radius 3 is 2.90 bits per heavy atom. The van der Waals surface area contributed by atoms with E-state index in [0.717, 1.165) is 18.7 Å². The van der Waals surface area contributed by atoms with Crippen molar-refractivity contribution in [3.8, 4) is 0 Å². The third-order valence-corrected chi connectivity index (χ3v) is 3.83. The molecule has 108 valence electrons. The van der Waals surface area contributed by atoms with Crippen molar-refractivity contribution in [3.63, 3.8) is 0 Å².